The number of carbonyl (C=O) groups excluding carboxylic acids is 1. The number of benzene rings is 1. The number of methoxy groups -OCH3 is 3. The Labute approximate surface area is 143 Å². The van der Waals surface area contributed by atoms with E-state index in [-0.39, 0.29) is 5.97 Å². The second-order valence-electron chi connectivity index (χ2n) is 5.99. The van der Waals surface area contributed by atoms with Crippen LogP contribution >= 0.6 is 0 Å². The molecule has 0 N–H and O–H groups in total. The van der Waals surface area contributed by atoms with Crippen molar-refractivity contribution in [3.63, 3.8) is 0 Å². The molecule has 1 heterocycles. The molecule has 0 amide bonds. The number of aryl methyl sites for hydroxylation is 1. The Kier molecular flexibility index (Phi) is 6.87. The Morgan fingerprint density at radius 2 is 1.67 bits per heavy atom. The van der Waals surface area contributed by atoms with E-state index in [2.05, 4.69) is 4.90 Å². The Morgan fingerprint density at radius 1 is 1.08 bits per heavy atom. The van der Waals surface area contributed by atoms with Crippen LogP contribution in [0.4, 0.5) is 0 Å². The zero-order chi connectivity index (χ0) is 17.5. The monoisotopic (exact) mass is 337 g/mol. The molecule has 2 rings (SSSR count). The van der Waals surface area contributed by atoms with Gasteiger partial charge in [-0.15, -0.1) is 0 Å². The molecule has 0 aromatic heterocycles. The first-order valence-electron chi connectivity index (χ1n) is 8.28. The van der Waals surface area contributed by atoms with Crippen LogP contribution in [0.3, 0.4) is 0 Å². The molecule has 6 nitrogen and oxygen atoms in total. The van der Waals surface area contributed by atoms with Crippen LogP contribution in [0.5, 0.6) is 17.2 Å². The van der Waals surface area contributed by atoms with Crippen LogP contribution in [0.2, 0.25) is 0 Å². The standard InChI is InChI=1S/C18H27NO5/c1-13-10-15(22-3)17(16(11-13)23-4)24-18(20)14(12-21-2)19-8-6-5-7-9-19/h10-11,14H,5-9,12H2,1-4H3. The van der Waals surface area contributed by atoms with E-state index >= 15 is 0 Å². The van der Waals surface area contributed by atoms with E-state index in [1.54, 1.807) is 21.3 Å². The van der Waals surface area contributed by atoms with Gasteiger partial charge in [0.15, 0.2) is 11.5 Å². The number of likely N-dealkylation sites (tertiary alicyclic amines) is 1. The quantitative estimate of drug-likeness (QED) is 0.563. The van der Waals surface area contributed by atoms with Crippen molar-refractivity contribution in [2.45, 2.75) is 32.2 Å². The van der Waals surface area contributed by atoms with Crippen molar-refractivity contribution in [3.8, 4) is 17.2 Å². The fourth-order valence-electron chi connectivity index (χ4n) is 2.99. The van der Waals surface area contributed by atoms with Crippen LogP contribution in [-0.4, -0.2) is 57.9 Å². The van der Waals surface area contributed by atoms with E-state index in [4.69, 9.17) is 18.9 Å². The van der Waals surface area contributed by atoms with Gasteiger partial charge >= 0.3 is 5.97 Å². The van der Waals surface area contributed by atoms with E-state index in [1.165, 1.54) is 6.42 Å². The summed E-state index contributed by atoms with van der Waals surface area (Å²) < 4.78 is 21.6. The molecule has 1 aliphatic heterocycles. The lowest BCUT2D eigenvalue weighted by Gasteiger charge is -2.32. The topological polar surface area (TPSA) is 57.2 Å². The van der Waals surface area contributed by atoms with Crippen molar-refractivity contribution in [2.75, 3.05) is 41.0 Å². The average molecular weight is 337 g/mol. The van der Waals surface area contributed by atoms with E-state index in [9.17, 15) is 4.79 Å². The molecule has 6 heteroatoms. The third-order valence-corrected chi connectivity index (χ3v) is 4.24. The number of hydrogen-bond donors (Lipinski definition) is 0. The van der Waals surface area contributed by atoms with Gasteiger partial charge in [-0.25, -0.2) is 4.79 Å². The van der Waals surface area contributed by atoms with Gasteiger partial charge in [0.05, 0.1) is 20.8 Å². The van der Waals surface area contributed by atoms with Crippen molar-refractivity contribution in [2.24, 2.45) is 0 Å². The summed E-state index contributed by atoms with van der Waals surface area (Å²) in [6.45, 7) is 3.99. The van der Waals surface area contributed by atoms with Crippen molar-refractivity contribution in [1.82, 2.24) is 4.90 Å². The number of esters is 1. The summed E-state index contributed by atoms with van der Waals surface area (Å²) in [4.78, 5) is 14.9. The third-order valence-electron chi connectivity index (χ3n) is 4.24. The van der Waals surface area contributed by atoms with Gasteiger partial charge in [-0.3, -0.25) is 4.90 Å². The lowest BCUT2D eigenvalue weighted by atomic mass is 10.1. The summed E-state index contributed by atoms with van der Waals surface area (Å²) in [5.41, 5.74) is 0.966. The number of hydrogen-bond acceptors (Lipinski definition) is 6. The van der Waals surface area contributed by atoms with Gasteiger partial charge in [-0.1, -0.05) is 6.42 Å². The molecular weight excluding hydrogens is 310 g/mol. The third kappa shape index (κ3) is 4.39. The second kappa shape index (κ2) is 8.89. The second-order valence-corrected chi connectivity index (χ2v) is 5.99. The van der Waals surface area contributed by atoms with Gasteiger partial charge in [-0.2, -0.15) is 0 Å². The molecule has 1 aliphatic rings. The summed E-state index contributed by atoms with van der Waals surface area (Å²) in [6.07, 6.45) is 3.38. The van der Waals surface area contributed by atoms with Crippen LogP contribution in [0.25, 0.3) is 0 Å². The molecule has 1 saturated heterocycles. The summed E-state index contributed by atoms with van der Waals surface area (Å²) in [5.74, 6) is 0.929. The summed E-state index contributed by atoms with van der Waals surface area (Å²) in [6, 6.07) is 3.21. The Balaban J connectivity index is 2.22. The van der Waals surface area contributed by atoms with E-state index < -0.39 is 6.04 Å². The van der Waals surface area contributed by atoms with Crippen LogP contribution < -0.4 is 14.2 Å². The number of ether oxygens (including phenoxy) is 4. The Hall–Kier alpha value is -1.79. The van der Waals surface area contributed by atoms with Crippen molar-refractivity contribution in [3.05, 3.63) is 17.7 Å². The fourth-order valence-corrected chi connectivity index (χ4v) is 2.99. The lowest BCUT2D eigenvalue weighted by Crippen LogP contribution is -2.48. The largest absolute Gasteiger partial charge is 0.493 e. The Bertz CT molecular complexity index is 529. The highest BCUT2D eigenvalue weighted by molar-refractivity contribution is 5.80. The molecule has 1 aromatic rings. The molecule has 134 valence electrons. The van der Waals surface area contributed by atoms with Crippen LogP contribution in [0.15, 0.2) is 12.1 Å². The summed E-state index contributed by atoms with van der Waals surface area (Å²) in [5, 5.41) is 0. The molecule has 0 spiro atoms. The van der Waals surface area contributed by atoms with E-state index in [0.29, 0.717) is 23.9 Å². The van der Waals surface area contributed by atoms with Crippen LogP contribution in [0.1, 0.15) is 24.8 Å². The van der Waals surface area contributed by atoms with Gasteiger partial charge < -0.3 is 18.9 Å². The summed E-state index contributed by atoms with van der Waals surface area (Å²) >= 11 is 0. The van der Waals surface area contributed by atoms with Gasteiger partial charge in [-0.05, 0) is 50.6 Å². The molecule has 0 bridgehead atoms. The normalized spacial score (nSPS) is 16.5. The maximum atomic E-state index is 12.8. The van der Waals surface area contributed by atoms with E-state index in [0.717, 1.165) is 31.5 Å². The minimum Gasteiger partial charge on any atom is -0.493 e. The highest BCUT2D eigenvalue weighted by Crippen LogP contribution is 2.38. The van der Waals surface area contributed by atoms with Crippen molar-refractivity contribution < 1.29 is 23.7 Å². The van der Waals surface area contributed by atoms with Crippen LogP contribution in [-0.2, 0) is 9.53 Å². The Morgan fingerprint density at radius 3 is 2.17 bits per heavy atom. The molecule has 0 aliphatic carbocycles. The number of rotatable bonds is 7. The zero-order valence-corrected chi connectivity index (χ0v) is 15.0. The first-order valence-corrected chi connectivity index (χ1v) is 8.28. The SMILES string of the molecule is COCC(C(=O)Oc1c(OC)cc(C)cc1OC)N1CCCCC1. The molecule has 0 radical (unpaired) electrons. The van der Waals surface area contributed by atoms with Gasteiger partial charge in [0.1, 0.15) is 6.04 Å². The minimum absolute atomic E-state index is 0.301. The molecule has 24 heavy (non-hydrogen) atoms. The predicted molar refractivity (Wildman–Crippen MR) is 91.0 cm³/mol. The highest BCUT2D eigenvalue weighted by Gasteiger charge is 2.30. The molecule has 1 fully saturated rings. The average Bonchev–Trinajstić information content (AvgIpc) is 2.61. The van der Waals surface area contributed by atoms with Crippen LogP contribution in [0, 0.1) is 6.92 Å². The molecule has 1 unspecified atom stereocenters. The highest BCUT2D eigenvalue weighted by atomic mass is 16.6. The first-order chi connectivity index (χ1) is 11.6. The maximum absolute atomic E-state index is 12.8. The summed E-state index contributed by atoms with van der Waals surface area (Å²) in [7, 11) is 4.68. The minimum atomic E-state index is -0.425. The van der Waals surface area contributed by atoms with Gasteiger partial charge in [0, 0.05) is 7.11 Å². The maximum Gasteiger partial charge on any atom is 0.331 e. The molecule has 1 aromatic carbocycles. The zero-order valence-electron chi connectivity index (χ0n) is 15.0. The molecule has 0 saturated carbocycles. The predicted octanol–water partition coefficient (Wildman–Crippen LogP) is 2.42. The van der Waals surface area contributed by atoms with E-state index in [1.807, 2.05) is 19.1 Å². The number of piperidine rings is 1. The van der Waals surface area contributed by atoms with Crippen molar-refractivity contribution in [1.29, 1.82) is 0 Å². The first kappa shape index (κ1) is 18.5. The fraction of sp³-hybridized carbons (Fsp3) is 0.611. The van der Waals surface area contributed by atoms with Crippen molar-refractivity contribution >= 4 is 5.97 Å². The van der Waals surface area contributed by atoms with Gasteiger partial charge in [0.2, 0.25) is 5.75 Å². The smallest absolute Gasteiger partial charge is 0.331 e. The molecular formula is C18H27NO5. The lowest BCUT2D eigenvalue weighted by molar-refractivity contribution is -0.143. The molecule has 1 atom stereocenters. The van der Waals surface area contributed by atoms with Gasteiger partial charge in [0.25, 0.3) is 0 Å². The number of nitrogens with zero attached hydrogens (tertiary/aromatic N) is 1. The number of carbonyl (C=O) groups is 1.